The maximum absolute atomic E-state index is 11.0. The molecule has 1 unspecified atom stereocenters. The molecule has 2 atom stereocenters. The molecule has 102 valence electrons. The number of hydrogen-bond acceptors (Lipinski definition) is 3. The second-order valence-corrected chi connectivity index (χ2v) is 5.53. The van der Waals surface area contributed by atoms with Crippen LogP contribution in [-0.4, -0.2) is 40.9 Å². The molecule has 2 fully saturated rings. The van der Waals surface area contributed by atoms with Gasteiger partial charge in [0.25, 0.3) is 0 Å². The van der Waals surface area contributed by atoms with Gasteiger partial charge in [-0.25, -0.2) is 0 Å². The van der Waals surface area contributed by atoms with Crippen LogP contribution in [0.5, 0.6) is 0 Å². The number of hydrogen-bond donors (Lipinski definition) is 4. The Kier molecular flexibility index (Phi) is 4.77. The highest BCUT2D eigenvalue weighted by Crippen LogP contribution is 2.17. The number of carboxylic acid groups (broad SMARTS) is 1. The third kappa shape index (κ3) is 3.55. The molecule has 6 heteroatoms. The number of carboxylic acids is 1. The first-order valence-electron chi connectivity index (χ1n) is 6.70. The van der Waals surface area contributed by atoms with E-state index in [1.54, 1.807) is 0 Å². The van der Waals surface area contributed by atoms with Crippen molar-refractivity contribution in [2.24, 2.45) is 0 Å². The number of nitrogens with one attached hydrogen (secondary N) is 3. The van der Waals surface area contributed by atoms with Crippen LogP contribution in [0.1, 0.15) is 38.5 Å². The fourth-order valence-corrected chi connectivity index (χ4v) is 3.08. The van der Waals surface area contributed by atoms with Gasteiger partial charge in [0.05, 0.1) is 6.04 Å². The van der Waals surface area contributed by atoms with E-state index in [2.05, 4.69) is 16.0 Å². The van der Waals surface area contributed by atoms with Crippen molar-refractivity contribution in [2.45, 2.75) is 56.7 Å². The van der Waals surface area contributed by atoms with Crippen molar-refractivity contribution in [1.82, 2.24) is 16.0 Å². The Morgan fingerprint density at radius 3 is 2.56 bits per heavy atom. The summed E-state index contributed by atoms with van der Waals surface area (Å²) in [5.41, 5.74) is 0. The first-order valence-corrected chi connectivity index (χ1v) is 7.11. The predicted molar refractivity (Wildman–Crippen MR) is 73.6 cm³/mol. The lowest BCUT2D eigenvalue weighted by Crippen LogP contribution is -2.52. The first kappa shape index (κ1) is 13.5. The second-order valence-electron chi connectivity index (χ2n) is 5.12. The zero-order valence-electron chi connectivity index (χ0n) is 10.4. The molecule has 5 nitrogen and oxygen atoms in total. The average Bonchev–Trinajstić information content (AvgIpc) is 2.78. The minimum Gasteiger partial charge on any atom is -0.480 e. The molecular weight excluding hydrogens is 250 g/mol. The highest BCUT2D eigenvalue weighted by atomic mass is 32.1. The Bertz CT molecular complexity index is 318. The van der Waals surface area contributed by atoms with Crippen molar-refractivity contribution in [2.75, 3.05) is 6.54 Å². The van der Waals surface area contributed by atoms with Gasteiger partial charge >= 0.3 is 5.97 Å². The van der Waals surface area contributed by atoms with E-state index in [1.807, 2.05) is 0 Å². The summed E-state index contributed by atoms with van der Waals surface area (Å²) in [5, 5.41) is 19.1. The molecule has 18 heavy (non-hydrogen) atoms. The van der Waals surface area contributed by atoms with Crippen LogP contribution in [0.15, 0.2) is 0 Å². The molecule has 2 aliphatic rings. The third-order valence-electron chi connectivity index (χ3n) is 3.74. The normalized spacial score (nSPS) is 28.9. The summed E-state index contributed by atoms with van der Waals surface area (Å²) in [4.78, 5) is 11.0. The highest BCUT2D eigenvalue weighted by Gasteiger charge is 2.33. The van der Waals surface area contributed by atoms with Gasteiger partial charge in [-0.1, -0.05) is 19.3 Å². The van der Waals surface area contributed by atoms with E-state index in [4.69, 9.17) is 17.3 Å². The van der Waals surface area contributed by atoms with Crippen LogP contribution < -0.4 is 16.0 Å². The van der Waals surface area contributed by atoms with Crippen LogP contribution in [0.2, 0.25) is 0 Å². The molecule has 0 aromatic rings. The van der Waals surface area contributed by atoms with Gasteiger partial charge in [0.2, 0.25) is 0 Å². The van der Waals surface area contributed by atoms with E-state index in [0.717, 1.165) is 25.8 Å². The fraction of sp³-hybridized carbons (Fsp3) is 0.833. The average molecular weight is 271 g/mol. The molecule has 1 saturated heterocycles. The van der Waals surface area contributed by atoms with E-state index in [9.17, 15) is 4.79 Å². The maximum atomic E-state index is 11.0. The molecule has 1 aliphatic heterocycles. The van der Waals surface area contributed by atoms with Crippen LogP contribution in [0.25, 0.3) is 0 Å². The van der Waals surface area contributed by atoms with Gasteiger partial charge < -0.3 is 21.1 Å². The molecule has 1 aliphatic carbocycles. The molecule has 0 aromatic heterocycles. The quantitative estimate of drug-likeness (QED) is 0.563. The van der Waals surface area contributed by atoms with Crippen LogP contribution in [0, 0.1) is 0 Å². The van der Waals surface area contributed by atoms with E-state index in [1.165, 1.54) is 19.3 Å². The summed E-state index contributed by atoms with van der Waals surface area (Å²) in [6.07, 6.45) is 6.93. The lowest BCUT2D eigenvalue weighted by Gasteiger charge is -2.26. The second kappa shape index (κ2) is 6.33. The first-order chi connectivity index (χ1) is 8.66. The van der Waals surface area contributed by atoms with Gasteiger partial charge in [0.15, 0.2) is 5.11 Å². The number of rotatable bonds is 3. The van der Waals surface area contributed by atoms with Crippen molar-refractivity contribution >= 4 is 23.3 Å². The zero-order valence-corrected chi connectivity index (χ0v) is 11.3. The Balaban J connectivity index is 1.77. The minimum atomic E-state index is -0.814. The van der Waals surface area contributed by atoms with Gasteiger partial charge in [0.1, 0.15) is 6.04 Å². The van der Waals surface area contributed by atoms with E-state index in [-0.39, 0.29) is 6.04 Å². The van der Waals surface area contributed by atoms with E-state index in [0.29, 0.717) is 11.2 Å². The SMILES string of the molecule is O=C(O)[C@H]1NCCC1NC(=S)NC1CCCCC1. The number of thiocarbonyl (C=S) groups is 1. The van der Waals surface area contributed by atoms with Crippen molar-refractivity contribution in [1.29, 1.82) is 0 Å². The lowest BCUT2D eigenvalue weighted by molar-refractivity contribution is -0.139. The molecule has 1 heterocycles. The van der Waals surface area contributed by atoms with Gasteiger partial charge in [-0.05, 0) is 38.0 Å². The smallest absolute Gasteiger partial charge is 0.322 e. The molecule has 1 saturated carbocycles. The molecule has 0 bridgehead atoms. The number of carbonyl (C=O) groups is 1. The van der Waals surface area contributed by atoms with Gasteiger partial charge in [-0.2, -0.15) is 0 Å². The third-order valence-corrected chi connectivity index (χ3v) is 3.98. The molecule has 0 amide bonds. The van der Waals surface area contributed by atoms with Crippen LogP contribution >= 0.6 is 12.2 Å². The summed E-state index contributed by atoms with van der Waals surface area (Å²) < 4.78 is 0. The summed E-state index contributed by atoms with van der Waals surface area (Å²) in [5.74, 6) is -0.814. The molecule has 0 aromatic carbocycles. The molecule has 2 rings (SSSR count). The molecular formula is C12H21N3O2S. The van der Waals surface area contributed by atoms with Crippen molar-refractivity contribution in [3.8, 4) is 0 Å². The Morgan fingerprint density at radius 1 is 1.17 bits per heavy atom. The van der Waals surface area contributed by atoms with Crippen LogP contribution in [0.4, 0.5) is 0 Å². The summed E-state index contributed by atoms with van der Waals surface area (Å²) >= 11 is 5.27. The predicted octanol–water partition coefficient (Wildman–Crippen LogP) is 0.598. The Morgan fingerprint density at radius 2 is 1.89 bits per heavy atom. The lowest BCUT2D eigenvalue weighted by atomic mass is 9.96. The van der Waals surface area contributed by atoms with Crippen molar-refractivity contribution in [3.05, 3.63) is 0 Å². The van der Waals surface area contributed by atoms with E-state index >= 15 is 0 Å². The van der Waals surface area contributed by atoms with Gasteiger partial charge in [-0.3, -0.25) is 4.79 Å². The fourth-order valence-electron chi connectivity index (χ4n) is 2.76. The standard InChI is InChI=1S/C12H21N3O2S/c16-11(17)10-9(6-7-13-10)15-12(18)14-8-4-2-1-3-5-8/h8-10,13H,1-7H2,(H,16,17)(H2,14,15,18)/t9?,10-/m0/s1. The highest BCUT2D eigenvalue weighted by molar-refractivity contribution is 7.80. The zero-order chi connectivity index (χ0) is 13.0. The summed E-state index contributed by atoms with van der Waals surface area (Å²) in [7, 11) is 0. The Labute approximate surface area is 113 Å². The van der Waals surface area contributed by atoms with Crippen molar-refractivity contribution < 1.29 is 9.90 Å². The summed E-state index contributed by atoms with van der Waals surface area (Å²) in [6.45, 7) is 0.723. The Hall–Kier alpha value is -0.880. The topological polar surface area (TPSA) is 73.4 Å². The van der Waals surface area contributed by atoms with Crippen LogP contribution in [-0.2, 0) is 4.79 Å². The largest absolute Gasteiger partial charge is 0.480 e. The van der Waals surface area contributed by atoms with Gasteiger partial charge in [0, 0.05) is 6.04 Å². The maximum Gasteiger partial charge on any atom is 0.322 e. The van der Waals surface area contributed by atoms with E-state index < -0.39 is 12.0 Å². The summed E-state index contributed by atoms with van der Waals surface area (Å²) in [6, 6.07) is -0.182. The van der Waals surface area contributed by atoms with Gasteiger partial charge in [-0.15, -0.1) is 0 Å². The van der Waals surface area contributed by atoms with Crippen LogP contribution in [0.3, 0.4) is 0 Å². The molecule has 4 N–H and O–H groups in total. The number of aliphatic carboxylic acids is 1. The van der Waals surface area contributed by atoms with Crippen molar-refractivity contribution in [3.63, 3.8) is 0 Å². The molecule has 0 spiro atoms. The minimum absolute atomic E-state index is 0.105. The monoisotopic (exact) mass is 271 g/mol. The molecule has 0 radical (unpaired) electrons.